The van der Waals surface area contributed by atoms with Crippen molar-refractivity contribution in [1.82, 2.24) is 0 Å². The smallest absolute Gasteiger partial charge is 0.430 e. The highest BCUT2D eigenvalue weighted by atomic mass is 16.8. The van der Waals surface area contributed by atoms with Crippen LogP contribution in [-0.2, 0) is 28.4 Å². The summed E-state index contributed by atoms with van der Waals surface area (Å²) < 4.78 is 29.7. The van der Waals surface area contributed by atoms with Gasteiger partial charge in [0.1, 0.15) is 25.4 Å². The fraction of sp³-hybridized carbons (Fsp3) is 0.600. The molecule has 1 aliphatic rings. The van der Waals surface area contributed by atoms with Crippen LogP contribution in [0.2, 0.25) is 0 Å². The van der Waals surface area contributed by atoms with E-state index in [-0.39, 0.29) is 13.2 Å². The van der Waals surface area contributed by atoms with Crippen molar-refractivity contribution in [3.8, 4) is 0 Å². The summed E-state index contributed by atoms with van der Waals surface area (Å²) in [5, 5.41) is 19.5. The molecule has 0 radical (unpaired) electrons. The lowest BCUT2D eigenvalue weighted by Crippen LogP contribution is -2.61. The highest BCUT2D eigenvalue weighted by Crippen LogP contribution is 2.27. The first-order chi connectivity index (χ1) is 12.0. The van der Waals surface area contributed by atoms with E-state index in [9.17, 15) is 19.8 Å². The van der Waals surface area contributed by atoms with Crippen molar-refractivity contribution in [1.29, 1.82) is 0 Å². The summed E-state index contributed by atoms with van der Waals surface area (Å²) >= 11 is 0. The first kappa shape index (κ1) is 20.9. The topological polar surface area (TPSA) is 130 Å². The van der Waals surface area contributed by atoms with Gasteiger partial charge >= 0.3 is 12.3 Å². The average Bonchev–Trinajstić information content (AvgIpc) is 2.61. The van der Waals surface area contributed by atoms with Crippen LogP contribution < -0.4 is 0 Å². The minimum absolute atomic E-state index is 0.112. The summed E-state index contributed by atoms with van der Waals surface area (Å²) in [6.07, 6.45) is -6.27. The van der Waals surface area contributed by atoms with E-state index in [1.165, 1.54) is 19.3 Å². The van der Waals surface area contributed by atoms with Gasteiger partial charge in [0.2, 0.25) is 0 Å². The Morgan fingerprint density at radius 2 is 1.60 bits per heavy atom. The van der Waals surface area contributed by atoms with Crippen LogP contribution in [-0.4, -0.2) is 80.2 Å². The molecule has 142 valence electrons. The summed E-state index contributed by atoms with van der Waals surface area (Å²) in [7, 11) is 1.25. The molecule has 25 heavy (non-hydrogen) atoms. The molecule has 1 heterocycles. The van der Waals surface area contributed by atoms with Gasteiger partial charge in [-0.15, -0.1) is 0 Å². The van der Waals surface area contributed by atoms with Crippen LogP contribution in [0, 0.1) is 0 Å². The maximum Gasteiger partial charge on any atom is 0.509 e. The zero-order valence-electron chi connectivity index (χ0n) is 13.7. The van der Waals surface area contributed by atoms with Crippen molar-refractivity contribution >= 4 is 12.3 Å². The number of hydrogen-bond donors (Lipinski definition) is 2. The zero-order valence-corrected chi connectivity index (χ0v) is 13.7. The standard InChI is InChI=1S/C15H22O10/c1-4-6-21-14(18)24-11-10(17)9(8-16)23-13(20-3)12(11)25-15(19)22-7-5-2/h4-5,9-13,16-17H,1-2,6-8H2,3H3/t9-,10-,11+,12+,13+/m1/s1. The normalized spacial score (nSPS) is 28.5. The van der Waals surface area contributed by atoms with Gasteiger partial charge in [-0.2, -0.15) is 0 Å². The Morgan fingerprint density at radius 3 is 2.04 bits per heavy atom. The zero-order chi connectivity index (χ0) is 18.8. The fourth-order valence-corrected chi connectivity index (χ4v) is 2.04. The van der Waals surface area contributed by atoms with Crippen LogP contribution >= 0.6 is 0 Å². The number of rotatable bonds is 8. The minimum atomic E-state index is -1.51. The van der Waals surface area contributed by atoms with Crippen LogP contribution in [0.25, 0.3) is 0 Å². The van der Waals surface area contributed by atoms with E-state index in [0.29, 0.717) is 0 Å². The molecule has 1 aliphatic heterocycles. The number of carbonyl (C=O) groups excluding carboxylic acids is 2. The van der Waals surface area contributed by atoms with Gasteiger partial charge in [-0.1, -0.05) is 25.3 Å². The molecule has 0 amide bonds. The molecule has 0 spiro atoms. The number of aliphatic hydroxyl groups excluding tert-OH is 2. The average molecular weight is 362 g/mol. The Balaban J connectivity index is 2.92. The second-order valence-electron chi connectivity index (χ2n) is 4.82. The summed E-state index contributed by atoms with van der Waals surface area (Å²) in [4.78, 5) is 23.4. The van der Waals surface area contributed by atoms with Gasteiger partial charge in [-0.05, 0) is 0 Å². The Kier molecular flexibility index (Phi) is 8.92. The Bertz CT molecular complexity index is 465. The van der Waals surface area contributed by atoms with Crippen molar-refractivity contribution in [2.24, 2.45) is 0 Å². The first-order valence-electron chi connectivity index (χ1n) is 7.34. The minimum Gasteiger partial charge on any atom is -0.430 e. The van der Waals surface area contributed by atoms with E-state index in [1.54, 1.807) is 0 Å². The molecule has 0 unspecified atom stereocenters. The van der Waals surface area contributed by atoms with Crippen molar-refractivity contribution < 1.29 is 48.2 Å². The second-order valence-corrected chi connectivity index (χ2v) is 4.82. The molecule has 0 aromatic heterocycles. The SMILES string of the molecule is C=CCOC(=O)O[C@@H]1[C@@H](OC)O[C@H](CO)[C@@H](O)[C@@H]1OC(=O)OCC=C. The van der Waals surface area contributed by atoms with E-state index >= 15 is 0 Å². The van der Waals surface area contributed by atoms with Crippen LogP contribution in [0.1, 0.15) is 0 Å². The van der Waals surface area contributed by atoms with Crippen LogP contribution in [0.5, 0.6) is 0 Å². The van der Waals surface area contributed by atoms with Crippen LogP contribution in [0.3, 0.4) is 0 Å². The van der Waals surface area contributed by atoms with Gasteiger partial charge in [0.15, 0.2) is 18.5 Å². The van der Waals surface area contributed by atoms with E-state index in [0.717, 1.165) is 0 Å². The molecule has 1 fully saturated rings. The molecule has 5 atom stereocenters. The maximum absolute atomic E-state index is 11.7. The molecule has 0 aromatic rings. The molecule has 2 N–H and O–H groups in total. The molecule has 10 nitrogen and oxygen atoms in total. The number of ether oxygens (including phenoxy) is 6. The molecular weight excluding hydrogens is 340 g/mol. The van der Waals surface area contributed by atoms with Gasteiger partial charge in [0.05, 0.1) is 6.61 Å². The third-order valence-electron chi connectivity index (χ3n) is 3.13. The lowest BCUT2D eigenvalue weighted by Gasteiger charge is -2.41. The number of carbonyl (C=O) groups is 2. The Hall–Kier alpha value is -2.14. The molecule has 0 aromatic carbocycles. The summed E-state index contributed by atoms with van der Waals surface area (Å²) in [5.41, 5.74) is 0. The van der Waals surface area contributed by atoms with Crippen molar-refractivity contribution in [2.75, 3.05) is 26.9 Å². The first-order valence-corrected chi connectivity index (χ1v) is 7.34. The maximum atomic E-state index is 11.7. The summed E-state index contributed by atoms with van der Waals surface area (Å²) in [6.45, 7) is 5.94. The Labute approximate surface area is 144 Å². The number of methoxy groups -OCH3 is 1. The molecule has 1 saturated heterocycles. The van der Waals surface area contributed by atoms with E-state index in [2.05, 4.69) is 22.6 Å². The monoisotopic (exact) mass is 362 g/mol. The lowest BCUT2D eigenvalue weighted by molar-refractivity contribution is -0.296. The number of aliphatic hydroxyl groups is 2. The van der Waals surface area contributed by atoms with Gasteiger partial charge in [0, 0.05) is 7.11 Å². The van der Waals surface area contributed by atoms with Gasteiger partial charge in [-0.25, -0.2) is 9.59 Å². The van der Waals surface area contributed by atoms with Gasteiger partial charge in [0.25, 0.3) is 0 Å². The molecule has 0 aliphatic carbocycles. The molecule has 0 saturated carbocycles. The number of hydrogen-bond acceptors (Lipinski definition) is 10. The van der Waals surface area contributed by atoms with Gasteiger partial charge < -0.3 is 38.6 Å². The van der Waals surface area contributed by atoms with E-state index in [1.807, 2.05) is 0 Å². The third-order valence-corrected chi connectivity index (χ3v) is 3.13. The molecule has 10 heteroatoms. The van der Waals surface area contributed by atoms with Crippen LogP contribution in [0.4, 0.5) is 9.59 Å². The fourth-order valence-electron chi connectivity index (χ4n) is 2.04. The highest BCUT2D eigenvalue weighted by Gasteiger charge is 2.50. The van der Waals surface area contributed by atoms with Crippen molar-refractivity contribution in [3.63, 3.8) is 0 Å². The van der Waals surface area contributed by atoms with Crippen molar-refractivity contribution in [2.45, 2.75) is 30.7 Å². The predicted octanol–water partition coefficient (Wildman–Crippen LogP) is 0.127. The Morgan fingerprint density at radius 1 is 1.08 bits per heavy atom. The predicted molar refractivity (Wildman–Crippen MR) is 81.6 cm³/mol. The molecule has 0 bridgehead atoms. The lowest BCUT2D eigenvalue weighted by atomic mass is 9.99. The largest absolute Gasteiger partial charge is 0.509 e. The van der Waals surface area contributed by atoms with E-state index in [4.69, 9.17) is 18.9 Å². The molecule has 1 rings (SSSR count). The van der Waals surface area contributed by atoms with Crippen LogP contribution in [0.15, 0.2) is 25.3 Å². The summed E-state index contributed by atoms with van der Waals surface area (Å²) in [6, 6.07) is 0. The van der Waals surface area contributed by atoms with Gasteiger partial charge in [-0.3, -0.25) is 0 Å². The summed E-state index contributed by atoms with van der Waals surface area (Å²) in [5.74, 6) is 0. The molecular formula is C15H22O10. The second kappa shape index (κ2) is 10.7. The highest BCUT2D eigenvalue weighted by molar-refractivity contribution is 5.61. The third kappa shape index (κ3) is 6.02. The quantitative estimate of drug-likeness (QED) is 0.454. The van der Waals surface area contributed by atoms with Crippen molar-refractivity contribution in [3.05, 3.63) is 25.3 Å². The van der Waals surface area contributed by atoms with E-state index < -0.39 is 49.6 Å².